The van der Waals surface area contributed by atoms with Crippen molar-refractivity contribution in [1.29, 1.82) is 0 Å². The molecule has 5 aliphatic rings. The van der Waals surface area contributed by atoms with E-state index in [-0.39, 0.29) is 52.0 Å². The van der Waals surface area contributed by atoms with Crippen molar-refractivity contribution in [2.75, 3.05) is 0 Å². The number of carbonyl (C=O) groups excluding carboxylic acids is 1. The average Bonchev–Trinajstić information content (AvgIpc) is 3.34. The zero-order valence-corrected chi connectivity index (χ0v) is 24.1. The van der Waals surface area contributed by atoms with Crippen LogP contribution in [-0.4, -0.2) is 45.7 Å². The van der Waals surface area contributed by atoms with E-state index in [1.54, 1.807) is 6.92 Å². The Labute approximate surface area is 219 Å². The molecular formula is C31H52O5. The first-order valence-electron chi connectivity index (χ1n) is 14.8. The monoisotopic (exact) mass is 504 g/mol. The van der Waals surface area contributed by atoms with E-state index in [1.165, 1.54) is 12.8 Å². The van der Waals surface area contributed by atoms with Crippen LogP contribution in [0.5, 0.6) is 0 Å². The Hall–Kier alpha value is -0.650. The van der Waals surface area contributed by atoms with E-state index >= 15 is 0 Å². The lowest BCUT2D eigenvalue weighted by Gasteiger charge is -2.66. The van der Waals surface area contributed by atoms with Gasteiger partial charge in [-0.3, -0.25) is 4.79 Å². The first kappa shape index (κ1) is 26.9. The SMILES string of the molecule is CC(=O)OC1CC2C(CCC3C(C)(C)C(O)CCC23C)C2(C)CCC(C3(C)CCC(C(C)(C)O)O3)C12. The highest BCUT2D eigenvalue weighted by Gasteiger charge is 2.68. The molecule has 0 bridgehead atoms. The van der Waals surface area contributed by atoms with Crippen molar-refractivity contribution in [3.63, 3.8) is 0 Å². The van der Waals surface area contributed by atoms with E-state index in [1.807, 2.05) is 13.8 Å². The van der Waals surface area contributed by atoms with Gasteiger partial charge in [0.2, 0.25) is 0 Å². The van der Waals surface area contributed by atoms with Crippen LogP contribution in [0.25, 0.3) is 0 Å². The fourth-order valence-electron chi connectivity index (χ4n) is 10.9. The molecular weight excluding hydrogens is 452 g/mol. The van der Waals surface area contributed by atoms with Crippen molar-refractivity contribution in [1.82, 2.24) is 0 Å². The van der Waals surface area contributed by atoms with Gasteiger partial charge in [0.25, 0.3) is 0 Å². The van der Waals surface area contributed by atoms with Crippen LogP contribution in [0.15, 0.2) is 0 Å². The van der Waals surface area contributed by atoms with Gasteiger partial charge in [-0.1, -0.05) is 27.7 Å². The van der Waals surface area contributed by atoms with Gasteiger partial charge in [-0.15, -0.1) is 0 Å². The molecule has 4 saturated carbocycles. The first-order valence-corrected chi connectivity index (χ1v) is 14.8. The summed E-state index contributed by atoms with van der Waals surface area (Å²) >= 11 is 0. The zero-order valence-electron chi connectivity index (χ0n) is 24.1. The van der Waals surface area contributed by atoms with Crippen LogP contribution in [0.4, 0.5) is 0 Å². The number of esters is 1. The average molecular weight is 505 g/mol. The van der Waals surface area contributed by atoms with Gasteiger partial charge in [0, 0.05) is 12.8 Å². The van der Waals surface area contributed by atoms with Gasteiger partial charge in [-0.05, 0) is 118 Å². The Morgan fingerprint density at radius 1 is 0.889 bits per heavy atom. The van der Waals surface area contributed by atoms with Crippen LogP contribution in [0.3, 0.4) is 0 Å². The molecule has 1 heterocycles. The Bertz CT molecular complexity index is 877. The maximum Gasteiger partial charge on any atom is 0.302 e. The van der Waals surface area contributed by atoms with Crippen molar-refractivity contribution in [3.05, 3.63) is 0 Å². The lowest BCUT2D eigenvalue weighted by Crippen LogP contribution is -2.63. The van der Waals surface area contributed by atoms with Crippen LogP contribution >= 0.6 is 0 Å². The van der Waals surface area contributed by atoms with E-state index in [0.29, 0.717) is 23.7 Å². The molecule has 0 aromatic carbocycles. The molecule has 2 N–H and O–H groups in total. The molecule has 11 unspecified atom stereocenters. The molecule has 0 amide bonds. The Morgan fingerprint density at radius 3 is 2.17 bits per heavy atom. The fraction of sp³-hybridized carbons (Fsp3) is 0.968. The summed E-state index contributed by atoms with van der Waals surface area (Å²) in [4.78, 5) is 12.4. The molecule has 4 aliphatic carbocycles. The molecule has 5 nitrogen and oxygen atoms in total. The molecule has 206 valence electrons. The standard InChI is InChI=1S/C31H52O5/c1-18(32)35-22-17-21-19(9-10-23-27(2,3)24(33)12-15-29(21,23)6)30(7)14-11-20(26(22)30)31(8)16-13-25(36-31)28(4,5)34/h19-26,33-34H,9-17H2,1-8H3. The smallest absolute Gasteiger partial charge is 0.302 e. The molecule has 0 radical (unpaired) electrons. The van der Waals surface area contributed by atoms with Crippen molar-refractivity contribution in [2.24, 2.45) is 45.8 Å². The minimum Gasteiger partial charge on any atom is -0.462 e. The van der Waals surface area contributed by atoms with E-state index in [9.17, 15) is 15.0 Å². The van der Waals surface area contributed by atoms with E-state index in [2.05, 4.69) is 34.6 Å². The van der Waals surface area contributed by atoms with Crippen LogP contribution in [0, 0.1) is 45.8 Å². The Kier molecular flexibility index (Phi) is 6.30. The summed E-state index contributed by atoms with van der Waals surface area (Å²) < 4.78 is 13.0. The third-order valence-corrected chi connectivity index (χ3v) is 12.7. The van der Waals surface area contributed by atoms with Gasteiger partial charge in [0.1, 0.15) is 6.10 Å². The molecule has 0 aromatic rings. The number of carbonyl (C=O) groups is 1. The van der Waals surface area contributed by atoms with Crippen molar-refractivity contribution in [2.45, 2.75) is 143 Å². The summed E-state index contributed by atoms with van der Waals surface area (Å²) in [7, 11) is 0. The van der Waals surface area contributed by atoms with Crippen LogP contribution in [0.2, 0.25) is 0 Å². The van der Waals surface area contributed by atoms with Gasteiger partial charge in [0.05, 0.1) is 23.4 Å². The van der Waals surface area contributed by atoms with Crippen LogP contribution < -0.4 is 0 Å². The second-order valence-corrected chi connectivity index (χ2v) is 15.4. The zero-order chi connectivity index (χ0) is 26.5. The number of hydrogen-bond acceptors (Lipinski definition) is 5. The Balaban J connectivity index is 1.50. The first-order chi connectivity index (χ1) is 16.5. The lowest BCUT2D eigenvalue weighted by molar-refractivity contribution is -0.221. The highest BCUT2D eigenvalue weighted by molar-refractivity contribution is 5.66. The van der Waals surface area contributed by atoms with Gasteiger partial charge in [0.15, 0.2) is 0 Å². The predicted molar refractivity (Wildman–Crippen MR) is 140 cm³/mol. The third-order valence-electron chi connectivity index (χ3n) is 12.7. The summed E-state index contributed by atoms with van der Waals surface area (Å²) in [6.07, 6.45) is 8.86. The third kappa shape index (κ3) is 3.84. The molecule has 1 aliphatic heterocycles. The lowest BCUT2D eigenvalue weighted by atomic mass is 9.39. The highest BCUT2D eigenvalue weighted by Crippen LogP contribution is 2.72. The predicted octanol–water partition coefficient (Wildman–Crippen LogP) is 5.89. The highest BCUT2D eigenvalue weighted by atomic mass is 16.5. The minimum atomic E-state index is -0.849. The molecule has 0 aromatic heterocycles. The molecule has 1 saturated heterocycles. The number of ether oxygens (including phenoxy) is 2. The van der Waals surface area contributed by atoms with Crippen molar-refractivity contribution in [3.8, 4) is 0 Å². The van der Waals surface area contributed by atoms with Crippen molar-refractivity contribution < 1.29 is 24.5 Å². The van der Waals surface area contributed by atoms with E-state index < -0.39 is 5.60 Å². The molecule has 5 fully saturated rings. The minimum absolute atomic E-state index is 0.0812. The quantitative estimate of drug-likeness (QED) is 0.469. The van der Waals surface area contributed by atoms with E-state index in [4.69, 9.17) is 9.47 Å². The molecule has 36 heavy (non-hydrogen) atoms. The van der Waals surface area contributed by atoms with Crippen LogP contribution in [0.1, 0.15) is 113 Å². The maximum atomic E-state index is 12.4. The van der Waals surface area contributed by atoms with Gasteiger partial charge >= 0.3 is 5.97 Å². The molecule has 11 atom stereocenters. The summed E-state index contributed by atoms with van der Waals surface area (Å²) in [5.74, 6) is 2.06. The normalized spacial score (nSPS) is 52.3. The van der Waals surface area contributed by atoms with Gasteiger partial charge in [-0.2, -0.15) is 0 Å². The number of rotatable bonds is 3. The van der Waals surface area contributed by atoms with Crippen molar-refractivity contribution >= 4 is 5.97 Å². The summed E-state index contributed by atoms with van der Waals surface area (Å²) in [5.41, 5.74) is -0.951. The summed E-state index contributed by atoms with van der Waals surface area (Å²) in [6.45, 7) is 17.1. The molecule has 5 rings (SSSR count). The number of aliphatic hydroxyl groups is 2. The largest absolute Gasteiger partial charge is 0.462 e. The second kappa shape index (κ2) is 8.42. The number of aliphatic hydroxyl groups excluding tert-OH is 1. The number of hydrogen-bond donors (Lipinski definition) is 2. The molecule has 0 spiro atoms. The Morgan fingerprint density at radius 2 is 1.56 bits per heavy atom. The van der Waals surface area contributed by atoms with Gasteiger partial charge < -0.3 is 19.7 Å². The summed E-state index contributed by atoms with van der Waals surface area (Å²) in [5, 5.41) is 21.6. The van der Waals surface area contributed by atoms with Crippen LogP contribution in [-0.2, 0) is 14.3 Å². The van der Waals surface area contributed by atoms with E-state index in [0.717, 1.165) is 44.9 Å². The van der Waals surface area contributed by atoms with Gasteiger partial charge in [-0.25, -0.2) is 0 Å². The summed E-state index contributed by atoms with van der Waals surface area (Å²) in [6, 6.07) is 0. The maximum absolute atomic E-state index is 12.4. The second-order valence-electron chi connectivity index (χ2n) is 15.4. The topological polar surface area (TPSA) is 76.0 Å². The fourth-order valence-corrected chi connectivity index (χ4v) is 10.9. The number of fused-ring (bicyclic) bond motifs is 5. The molecule has 5 heteroatoms.